The molecule has 1 N–H and O–H groups in total. The summed E-state index contributed by atoms with van der Waals surface area (Å²) in [6, 6.07) is 18.0. The van der Waals surface area contributed by atoms with Gasteiger partial charge in [0.15, 0.2) is 11.9 Å². The number of hydrogen-bond donors (Lipinski definition) is 1. The van der Waals surface area contributed by atoms with E-state index in [1.807, 2.05) is 45.2 Å². The van der Waals surface area contributed by atoms with Crippen molar-refractivity contribution >= 4 is 5.91 Å². The number of nitrogens with zero attached hydrogens (tertiary/aromatic N) is 2. The van der Waals surface area contributed by atoms with Crippen LogP contribution >= 0.6 is 0 Å². The summed E-state index contributed by atoms with van der Waals surface area (Å²) in [5, 5.41) is 10.8. The van der Waals surface area contributed by atoms with Gasteiger partial charge in [0.05, 0.1) is 5.56 Å². The van der Waals surface area contributed by atoms with Crippen LogP contribution in [0.25, 0.3) is 0 Å². The monoisotopic (exact) mass is 403 g/mol. The Morgan fingerprint density at radius 1 is 1.00 bits per heavy atom. The van der Waals surface area contributed by atoms with Gasteiger partial charge in [-0.25, -0.2) is 4.57 Å². The van der Waals surface area contributed by atoms with Crippen LogP contribution in [0.1, 0.15) is 58.1 Å². The number of aromatic hydroxyl groups is 1. The zero-order valence-electron chi connectivity index (χ0n) is 18.5. The summed E-state index contributed by atoms with van der Waals surface area (Å²) in [5.74, 6) is -0.144. The molecule has 4 heteroatoms. The largest absolute Gasteiger partial charge is 0.507 e. The predicted octanol–water partition coefficient (Wildman–Crippen LogP) is 4.50. The Labute approximate surface area is 179 Å². The van der Waals surface area contributed by atoms with Gasteiger partial charge in [-0.3, -0.25) is 4.79 Å². The fourth-order valence-corrected chi connectivity index (χ4v) is 4.01. The van der Waals surface area contributed by atoms with Crippen LogP contribution in [0, 0.1) is 13.8 Å². The smallest absolute Gasteiger partial charge is 0.257 e. The van der Waals surface area contributed by atoms with Gasteiger partial charge in [0.2, 0.25) is 0 Å². The lowest BCUT2D eigenvalue weighted by Crippen LogP contribution is -2.32. The molecule has 0 spiro atoms. The molecule has 0 fully saturated rings. The molecule has 0 bridgehead atoms. The van der Waals surface area contributed by atoms with Gasteiger partial charge < -0.3 is 10.0 Å². The van der Waals surface area contributed by atoms with Crippen molar-refractivity contribution in [3.05, 3.63) is 94.3 Å². The Hall–Kier alpha value is -3.14. The third-order valence-electron chi connectivity index (χ3n) is 5.84. The van der Waals surface area contributed by atoms with Crippen molar-refractivity contribution in [1.82, 2.24) is 4.90 Å². The maximum atomic E-state index is 12.7. The predicted molar refractivity (Wildman–Crippen MR) is 120 cm³/mol. The van der Waals surface area contributed by atoms with Crippen molar-refractivity contribution in [2.24, 2.45) is 7.05 Å². The normalized spacial score (nSPS) is 11.9. The van der Waals surface area contributed by atoms with Gasteiger partial charge in [-0.05, 0) is 49.6 Å². The van der Waals surface area contributed by atoms with Crippen LogP contribution in [0.15, 0.2) is 60.8 Å². The highest BCUT2D eigenvalue weighted by molar-refractivity contribution is 5.97. The summed E-state index contributed by atoms with van der Waals surface area (Å²) < 4.78 is 2.12. The van der Waals surface area contributed by atoms with Gasteiger partial charge in [-0.1, -0.05) is 36.4 Å². The number of amides is 1. The van der Waals surface area contributed by atoms with Crippen LogP contribution in [0.4, 0.5) is 0 Å². The molecule has 0 aliphatic heterocycles. The van der Waals surface area contributed by atoms with Crippen LogP contribution in [-0.4, -0.2) is 29.0 Å². The molecule has 0 saturated heterocycles. The van der Waals surface area contributed by atoms with Crippen LogP contribution in [0.2, 0.25) is 0 Å². The summed E-state index contributed by atoms with van der Waals surface area (Å²) in [7, 11) is 2.04. The highest BCUT2D eigenvalue weighted by atomic mass is 16.3. The first kappa shape index (κ1) is 21.6. The summed E-state index contributed by atoms with van der Waals surface area (Å²) in [6.07, 6.45) is 2.14. The van der Waals surface area contributed by atoms with E-state index in [1.54, 1.807) is 17.0 Å². The zero-order chi connectivity index (χ0) is 21.8. The lowest BCUT2D eigenvalue weighted by Gasteiger charge is -2.23. The van der Waals surface area contributed by atoms with Crippen molar-refractivity contribution in [1.29, 1.82) is 0 Å². The Bertz CT molecular complexity index is 1040. The maximum Gasteiger partial charge on any atom is 0.257 e. The molecule has 1 heterocycles. The van der Waals surface area contributed by atoms with Gasteiger partial charge in [0, 0.05) is 37.6 Å². The molecule has 0 aliphatic rings. The SMILES string of the molecule is CCN(CC)C(=O)c1ccc(C(c2ccccc2)c2cc(C)[n+](C)cc2C)cc1O. The lowest BCUT2D eigenvalue weighted by molar-refractivity contribution is -0.678. The Morgan fingerprint density at radius 2 is 1.67 bits per heavy atom. The van der Waals surface area contributed by atoms with E-state index in [0.717, 1.165) is 16.8 Å². The quantitative estimate of drug-likeness (QED) is 0.616. The molecule has 1 aromatic heterocycles. The average Bonchev–Trinajstić information content (AvgIpc) is 2.73. The van der Waals surface area contributed by atoms with E-state index in [-0.39, 0.29) is 17.6 Å². The molecule has 30 heavy (non-hydrogen) atoms. The molecule has 0 aliphatic carbocycles. The second-order valence-corrected chi connectivity index (χ2v) is 7.76. The Balaban J connectivity index is 2.13. The number of benzene rings is 2. The van der Waals surface area contributed by atoms with E-state index in [4.69, 9.17) is 0 Å². The van der Waals surface area contributed by atoms with Crippen molar-refractivity contribution in [3.63, 3.8) is 0 Å². The van der Waals surface area contributed by atoms with Crippen molar-refractivity contribution in [2.75, 3.05) is 13.1 Å². The van der Waals surface area contributed by atoms with E-state index < -0.39 is 0 Å². The molecule has 2 aromatic carbocycles. The number of rotatable bonds is 6. The van der Waals surface area contributed by atoms with Gasteiger partial charge in [-0.15, -0.1) is 0 Å². The third-order valence-corrected chi connectivity index (χ3v) is 5.84. The zero-order valence-corrected chi connectivity index (χ0v) is 18.5. The van der Waals surface area contributed by atoms with E-state index in [9.17, 15) is 9.90 Å². The molecule has 156 valence electrons. The number of phenols is 1. The van der Waals surface area contributed by atoms with Gasteiger partial charge in [0.1, 0.15) is 12.8 Å². The van der Waals surface area contributed by atoms with Crippen molar-refractivity contribution in [2.45, 2.75) is 33.6 Å². The van der Waals surface area contributed by atoms with Crippen LogP contribution in [-0.2, 0) is 7.05 Å². The number of phenolic OH excluding ortho intramolecular Hbond substituents is 1. The summed E-state index contributed by atoms with van der Waals surface area (Å²) in [5.41, 5.74) is 6.00. The number of hydrogen-bond acceptors (Lipinski definition) is 2. The summed E-state index contributed by atoms with van der Waals surface area (Å²) in [6.45, 7) is 9.32. The second kappa shape index (κ2) is 9.12. The van der Waals surface area contributed by atoms with Gasteiger partial charge in [0.25, 0.3) is 5.91 Å². The topological polar surface area (TPSA) is 44.4 Å². The Kier molecular flexibility index (Phi) is 6.56. The highest BCUT2D eigenvalue weighted by Gasteiger charge is 2.24. The molecule has 0 radical (unpaired) electrons. The molecule has 3 rings (SSSR count). The van der Waals surface area contributed by atoms with E-state index in [1.165, 1.54) is 11.1 Å². The van der Waals surface area contributed by atoms with E-state index >= 15 is 0 Å². The molecule has 4 nitrogen and oxygen atoms in total. The van der Waals surface area contributed by atoms with Crippen LogP contribution in [0.3, 0.4) is 0 Å². The lowest BCUT2D eigenvalue weighted by atomic mass is 9.83. The molecule has 1 unspecified atom stereocenters. The van der Waals surface area contributed by atoms with Crippen LogP contribution in [0.5, 0.6) is 5.75 Å². The second-order valence-electron chi connectivity index (χ2n) is 7.76. The first-order chi connectivity index (χ1) is 14.4. The first-order valence-electron chi connectivity index (χ1n) is 10.5. The minimum atomic E-state index is -0.140. The molecule has 1 atom stereocenters. The van der Waals surface area contributed by atoms with Crippen molar-refractivity contribution < 1.29 is 14.5 Å². The molecule has 1 amide bonds. The fraction of sp³-hybridized carbons (Fsp3) is 0.308. The summed E-state index contributed by atoms with van der Waals surface area (Å²) >= 11 is 0. The molecule has 0 saturated carbocycles. The third kappa shape index (κ3) is 4.23. The van der Waals surface area contributed by atoms with E-state index in [2.05, 4.69) is 42.8 Å². The van der Waals surface area contributed by atoms with Gasteiger partial charge in [-0.2, -0.15) is 0 Å². The van der Waals surface area contributed by atoms with Crippen molar-refractivity contribution in [3.8, 4) is 5.75 Å². The number of carbonyl (C=O) groups is 1. The molecular formula is C26H31N2O2+. The number of pyridine rings is 1. The number of aryl methyl sites for hydroxylation is 3. The van der Waals surface area contributed by atoms with Crippen LogP contribution < -0.4 is 4.57 Å². The minimum absolute atomic E-state index is 0.0289. The summed E-state index contributed by atoms with van der Waals surface area (Å²) in [4.78, 5) is 14.5. The molecule has 3 aromatic rings. The number of carbonyl (C=O) groups excluding carboxylic acids is 1. The van der Waals surface area contributed by atoms with Gasteiger partial charge >= 0.3 is 0 Å². The minimum Gasteiger partial charge on any atom is -0.507 e. The van der Waals surface area contributed by atoms with E-state index in [0.29, 0.717) is 18.7 Å². The number of aromatic nitrogens is 1. The first-order valence-corrected chi connectivity index (χ1v) is 10.5. The highest BCUT2D eigenvalue weighted by Crippen LogP contribution is 2.36. The Morgan fingerprint density at radius 3 is 2.27 bits per heavy atom. The maximum absolute atomic E-state index is 12.7. The standard InChI is InChI=1S/C26H30N2O2/c1-6-28(7-2)26(30)22-14-13-21(16-24(22)29)25(20-11-9-8-10-12-20)23-15-19(4)27(5)17-18(23)3/h8-17,25H,6-7H2,1-5H3/p+1. The average molecular weight is 404 g/mol. The fourth-order valence-electron chi connectivity index (χ4n) is 4.01. The molecular weight excluding hydrogens is 372 g/mol.